The molecular weight excluding hydrogens is 220 g/mol. The number of benzene rings is 1. The molecule has 2 rings (SSSR count). The van der Waals surface area contributed by atoms with E-state index in [1.807, 2.05) is 19.9 Å². The maximum atomic E-state index is 11.9. The van der Waals surface area contributed by atoms with Crippen LogP contribution in [0.2, 0.25) is 0 Å². The van der Waals surface area contributed by atoms with E-state index < -0.39 is 0 Å². The minimum Gasteiger partial charge on any atom is -0.293 e. The number of ketones is 1. The van der Waals surface area contributed by atoms with E-state index in [0.29, 0.717) is 11.3 Å². The predicted molar refractivity (Wildman–Crippen MR) is 63.9 cm³/mol. The Morgan fingerprint density at radius 2 is 2.19 bits per heavy atom. The molecule has 82 valence electrons. The van der Waals surface area contributed by atoms with Crippen molar-refractivity contribution in [2.24, 2.45) is 0 Å². The Morgan fingerprint density at radius 1 is 1.38 bits per heavy atom. The van der Waals surface area contributed by atoms with Gasteiger partial charge in [0.05, 0.1) is 6.20 Å². The molecule has 0 aliphatic rings. The first kappa shape index (κ1) is 11.0. The van der Waals surface area contributed by atoms with Crippen LogP contribution in [0.5, 0.6) is 0 Å². The van der Waals surface area contributed by atoms with Crippen molar-refractivity contribution in [3.05, 3.63) is 46.0 Å². The third-order valence-electron chi connectivity index (χ3n) is 2.49. The number of aryl methyl sites for hydroxylation is 2. The van der Waals surface area contributed by atoms with Gasteiger partial charge in [-0.05, 0) is 36.5 Å². The van der Waals surface area contributed by atoms with Crippen molar-refractivity contribution in [1.29, 1.82) is 0 Å². The van der Waals surface area contributed by atoms with Crippen molar-refractivity contribution < 1.29 is 4.79 Å². The lowest BCUT2D eigenvalue weighted by molar-refractivity contribution is 0.0996. The first-order valence-electron chi connectivity index (χ1n) is 5.03. The van der Waals surface area contributed by atoms with E-state index in [-0.39, 0.29) is 5.78 Å². The van der Waals surface area contributed by atoms with E-state index in [1.165, 1.54) is 11.8 Å². The number of rotatable bonds is 3. The highest BCUT2D eigenvalue weighted by atomic mass is 32.1. The summed E-state index contributed by atoms with van der Waals surface area (Å²) in [7, 11) is 0. The number of carbonyl (C=O) groups excluding carboxylic acids is 1. The Morgan fingerprint density at radius 3 is 2.88 bits per heavy atom. The lowest BCUT2D eigenvalue weighted by Gasteiger charge is -2.05. The topological polar surface area (TPSA) is 42.9 Å². The van der Waals surface area contributed by atoms with Crippen LogP contribution in [0.4, 0.5) is 0 Å². The van der Waals surface area contributed by atoms with Gasteiger partial charge in [-0.2, -0.15) is 0 Å². The van der Waals surface area contributed by atoms with Gasteiger partial charge in [0.15, 0.2) is 5.78 Å². The Balaban J connectivity index is 2.21. The third kappa shape index (κ3) is 2.33. The van der Waals surface area contributed by atoms with E-state index in [2.05, 4.69) is 21.7 Å². The average molecular weight is 232 g/mol. The maximum Gasteiger partial charge on any atom is 0.180 e. The molecule has 3 nitrogen and oxygen atoms in total. The van der Waals surface area contributed by atoms with Gasteiger partial charge in [-0.25, -0.2) is 0 Å². The van der Waals surface area contributed by atoms with Crippen LogP contribution in [-0.4, -0.2) is 15.4 Å². The molecular formula is C12H12N2OS. The fraction of sp³-hybridized carbons (Fsp3) is 0.250. The van der Waals surface area contributed by atoms with Crippen LogP contribution < -0.4 is 0 Å². The standard InChI is InChI=1S/C12H12N2OS/c1-8-3-4-9(2)10(5-8)6-11(15)12-7-13-14-16-12/h3-5,7H,6H2,1-2H3. The van der Waals surface area contributed by atoms with Gasteiger partial charge < -0.3 is 0 Å². The van der Waals surface area contributed by atoms with Gasteiger partial charge in [-0.15, -0.1) is 5.10 Å². The first-order valence-corrected chi connectivity index (χ1v) is 5.81. The molecule has 0 unspecified atom stereocenters. The summed E-state index contributed by atoms with van der Waals surface area (Å²) in [6.45, 7) is 4.05. The van der Waals surface area contributed by atoms with E-state index in [9.17, 15) is 4.79 Å². The van der Waals surface area contributed by atoms with Crippen LogP contribution >= 0.6 is 11.5 Å². The molecule has 16 heavy (non-hydrogen) atoms. The summed E-state index contributed by atoms with van der Waals surface area (Å²) in [5.74, 6) is 0.0868. The molecule has 0 saturated carbocycles. The second-order valence-corrected chi connectivity index (χ2v) is 4.60. The van der Waals surface area contributed by atoms with Crippen molar-refractivity contribution in [2.45, 2.75) is 20.3 Å². The molecule has 0 aliphatic heterocycles. The number of nitrogens with zero attached hydrogens (tertiary/aromatic N) is 2. The van der Waals surface area contributed by atoms with E-state index in [1.54, 1.807) is 0 Å². The summed E-state index contributed by atoms with van der Waals surface area (Å²) in [6, 6.07) is 6.15. The molecule has 1 heterocycles. The van der Waals surface area contributed by atoms with Crippen LogP contribution in [0.1, 0.15) is 26.4 Å². The normalized spacial score (nSPS) is 10.4. The summed E-state index contributed by atoms with van der Waals surface area (Å²) >= 11 is 1.15. The lowest BCUT2D eigenvalue weighted by Crippen LogP contribution is -2.03. The van der Waals surface area contributed by atoms with Crippen LogP contribution in [0, 0.1) is 13.8 Å². The smallest absolute Gasteiger partial charge is 0.180 e. The highest BCUT2D eigenvalue weighted by Gasteiger charge is 2.11. The number of hydrogen-bond donors (Lipinski definition) is 0. The summed E-state index contributed by atoms with van der Waals surface area (Å²) in [5, 5.41) is 3.67. The van der Waals surface area contributed by atoms with Gasteiger partial charge in [-0.1, -0.05) is 28.3 Å². The molecule has 0 fully saturated rings. The number of aromatic nitrogens is 2. The molecule has 0 bridgehead atoms. The highest BCUT2D eigenvalue weighted by molar-refractivity contribution is 7.07. The van der Waals surface area contributed by atoms with E-state index in [0.717, 1.165) is 22.7 Å². The van der Waals surface area contributed by atoms with Crippen LogP contribution in [0.15, 0.2) is 24.4 Å². The second kappa shape index (κ2) is 4.53. The van der Waals surface area contributed by atoms with Crippen LogP contribution in [0.3, 0.4) is 0 Å². The van der Waals surface area contributed by atoms with E-state index >= 15 is 0 Å². The lowest BCUT2D eigenvalue weighted by atomic mass is 10.0. The zero-order valence-electron chi connectivity index (χ0n) is 9.23. The molecule has 0 atom stereocenters. The van der Waals surface area contributed by atoms with Gasteiger partial charge in [-0.3, -0.25) is 4.79 Å². The summed E-state index contributed by atoms with van der Waals surface area (Å²) in [5.41, 5.74) is 3.41. The van der Waals surface area contributed by atoms with Gasteiger partial charge in [0.25, 0.3) is 0 Å². The van der Waals surface area contributed by atoms with Crippen molar-refractivity contribution in [3.63, 3.8) is 0 Å². The van der Waals surface area contributed by atoms with Gasteiger partial charge in [0.1, 0.15) is 4.88 Å². The fourth-order valence-corrected chi connectivity index (χ4v) is 1.99. The molecule has 0 saturated heterocycles. The quantitative estimate of drug-likeness (QED) is 0.764. The molecule has 0 aliphatic carbocycles. The Hall–Kier alpha value is -1.55. The molecule has 4 heteroatoms. The van der Waals surface area contributed by atoms with Crippen LogP contribution in [0.25, 0.3) is 0 Å². The Bertz CT molecular complexity index is 506. The molecule has 0 spiro atoms. The van der Waals surface area contributed by atoms with Crippen LogP contribution in [-0.2, 0) is 6.42 Å². The average Bonchev–Trinajstić information content (AvgIpc) is 2.76. The monoisotopic (exact) mass is 232 g/mol. The zero-order chi connectivity index (χ0) is 11.5. The maximum absolute atomic E-state index is 11.9. The van der Waals surface area contributed by atoms with Crippen molar-refractivity contribution in [2.75, 3.05) is 0 Å². The number of Topliss-reactive ketones (excluding diaryl/α,β-unsaturated/α-hetero) is 1. The molecule has 2 aromatic rings. The largest absolute Gasteiger partial charge is 0.293 e. The van der Waals surface area contributed by atoms with Crippen molar-refractivity contribution >= 4 is 17.3 Å². The first-order chi connectivity index (χ1) is 7.66. The SMILES string of the molecule is Cc1ccc(C)c(CC(=O)c2cnns2)c1. The van der Waals surface area contributed by atoms with Gasteiger partial charge in [0.2, 0.25) is 0 Å². The molecule has 1 aromatic heterocycles. The molecule has 0 N–H and O–H groups in total. The number of carbonyl (C=O) groups is 1. The fourth-order valence-electron chi connectivity index (χ4n) is 1.54. The summed E-state index contributed by atoms with van der Waals surface area (Å²) in [4.78, 5) is 12.5. The second-order valence-electron chi connectivity index (χ2n) is 3.81. The third-order valence-corrected chi connectivity index (χ3v) is 3.20. The van der Waals surface area contributed by atoms with Gasteiger partial charge in [0, 0.05) is 6.42 Å². The summed E-state index contributed by atoms with van der Waals surface area (Å²) < 4.78 is 3.70. The van der Waals surface area contributed by atoms with Crippen molar-refractivity contribution in [3.8, 4) is 0 Å². The molecule has 0 radical (unpaired) electrons. The summed E-state index contributed by atoms with van der Waals surface area (Å²) in [6.07, 6.45) is 1.95. The Labute approximate surface area is 98.3 Å². The molecule has 0 amide bonds. The minimum atomic E-state index is 0.0868. The number of hydrogen-bond acceptors (Lipinski definition) is 4. The van der Waals surface area contributed by atoms with Gasteiger partial charge >= 0.3 is 0 Å². The van der Waals surface area contributed by atoms with Crippen molar-refractivity contribution in [1.82, 2.24) is 9.59 Å². The molecule has 1 aromatic carbocycles. The van der Waals surface area contributed by atoms with E-state index in [4.69, 9.17) is 0 Å². The zero-order valence-corrected chi connectivity index (χ0v) is 10.0. The predicted octanol–water partition coefficient (Wildman–Crippen LogP) is 2.58. The Kier molecular flexibility index (Phi) is 3.10. The minimum absolute atomic E-state index is 0.0868. The highest BCUT2D eigenvalue weighted by Crippen LogP contribution is 2.14.